The summed E-state index contributed by atoms with van der Waals surface area (Å²) >= 11 is 7.42. The van der Waals surface area contributed by atoms with E-state index >= 15 is 0 Å². The van der Waals surface area contributed by atoms with Crippen molar-refractivity contribution >= 4 is 34.2 Å². The molecule has 0 bridgehead atoms. The Labute approximate surface area is 147 Å². The van der Waals surface area contributed by atoms with Crippen molar-refractivity contribution in [3.05, 3.63) is 40.9 Å². The molecular weight excluding hydrogens is 328 g/mol. The first-order valence-corrected chi connectivity index (χ1v) is 9.52. The van der Waals surface area contributed by atoms with Gasteiger partial charge in [-0.3, -0.25) is 9.69 Å². The predicted molar refractivity (Wildman–Crippen MR) is 99.1 cm³/mol. The maximum atomic E-state index is 11.3. The van der Waals surface area contributed by atoms with Crippen LogP contribution < -0.4 is 5.32 Å². The fourth-order valence-corrected chi connectivity index (χ4v) is 4.43. The molecule has 3 rings (SSSR count). The first-order valence-electron chi connectivity index (χ1n) is 8.26. The van der Waals surface area contributed by atoms with Crippen LogP contribution in [0, 0.1) is 0 Å². The second-order valence-corrected chi connectivity index (χ2v) is 7.95. The lowest BCUT2D eigenvalue weighted by atomic mass is 9.99. The van der Waals surface area contributed by atoms with Crippen LogP contribution in [-0.2, 0) is 0 Å². The lowest BCUT2D eigenvalue weighted by Gasteiger charge is -2.27. The van der Waals surface area contributed by atoms with Crippen molar-refractivity contribution in [1.82, 2.24) is 10.2 Å². The minimum absolute atomic E-state index is 0.135. The van der Waals surface area contributed by atoms with Crippen LogP contribution in [-0.4, -0.2) is 41.1 Å². The van der Waals surface area contributed by atoms with Crippen LogP contribution in [0.1, 0.15) is 31.7 Å². The fourth-order valence-electron chi connectivity index (χ4n) is 3.22. The Hall–Kier alpha value is -0.970. The Morgan fingerprint density at radius 3 is 2.74 bits per heavy atom. The highest BCUT2D eigenvalue weighted by Gasteiger charge is 2.29. The van der Waals surface area contributed by atoms with Crippen LogP contribution in [0.15, 0.2) is 30.3 Å². The molecule has 0 saturated carbocycles. The first kappa shape index (κ1) is 16.9. The minimum atomic E-state index is 0.135. The Morgan fingerprint density at radius 2 is 2.13 bits per heavy atom. The number of carbonyl (C=O) groups is 1. The average Bonchev–Trinajstić information content (AvgIpc) is 2.87. The normalized spacial score (nSPS) is 25.3. The third-order valence-corrected chi connectivity index (χ3v) is 6.16. The van der Waals surface area contributed by atoms with E-state index in [4.69, 9.17) is 11.6 Å². The van der Waals surface area contributed by atoms with E-state index in [-0.39, 0.29) is 5.24 Å². The van der Waals surface area contributed by atoms with Gasteiger partial charge in [0.05, 0.1) is 0 Å². The topological polar surface area (TPSA) is 32.3 Å². The summed E-state index contributed by atoms with van der Waals surface area (Å²) < 4.78 is 0. The summed E-state index contributed by atoms with van der Waals surface area (Å²) in [4.78, 5) is 13.8. The van der Waals surface area contributed by atoms with E-state index in [0.717, 1.165) is 43.9 Å². The summed E-state index contributed by atoms with van der Waals surface area (Å²) in [5.41, 5.74) is 2.71. The molecule has 2 aliphatic rings. The summed E-state index contributed by atoms with van der Waals surface area (Å²) in [6.45, 7) is 5.34. The number of nitrogens with zero attached hydrogens (tertiary/aromatic N) is 1. The number of hydrogen-bond acceptors (Lipinski definition) is 3. The van der Waals surface area contributed by atoms with Crippen molar-refractivity contribution in [2.24, 2.45) is 0 Å². The van der Waals surface area contributed by atoms with Gasteiger partial charge >= 0.3 is 0 Å². The van der Waals surface area contributed by atoms with Gasteiger partial charge in [-0.25, -0.2) is 0 Å². The van der Waals surface area contributed by atoms with Gasteiger partial charge in [-0.15, -0.1) is 0 Å². The molecular formula is C18H23ClN2OS. The highest BCUT2D eigenvalue weighted by Crippen LogP contribution is 2.28. The van der Waals surface area contributed by atoms with Crippen molar-refractivity contribution in [3.8, 4) is 0 Å². The van der Waals surface area contributed by atoms with Crippen LogP contribution in [0.3, 0.4) is 0 Å². The quantitative estimate of drug-likeness (QED) is 0.853. The van der Waals surface area contributed by atoms with E-state index in [9.17, 15) is 4.79 Å². The van der Waals surface area contributed by atoms with Gasteiger partial charge in [0.25, 0.3) is 5.24 Å². The van der Waals surface area contributed by atoms with Gasteiger partial charge in [0, 0.05) is 29.4 Å². The molecule has 0 aliphatic carbocycles. The van der Waals surface area contributed by atoms with E-state index in [1.54, 1.807) is 0 Å². The first-order chi connectivity index (χ1) is 11.1. The van der Waals surface area contributed by atoms with Gasteiger partial charge < -0.3 is 5.32 Å². The van der Waals surface area contributed by atoms with E-state index in [0.29, 0.717) is 11.3 Å². The Balaban J connectivity index is 1.44. The van der Waals surface area contributed by atoms with Gasteiger partial charge in [0.1, 0.15) is 0 Å². The molecule has 0 aromatic heterocycles. The molecule has 3 nitrogen and oxygen atoms in total. The zero-order valence-electron chi connectivity index (χ0n) is 13.4. The number of benzene rings is 1. The number of nitrogens with one attached hydrogen (secondary N) is 1. The average molecular weight is 351 g/mol. The van der Waals surface area contributed by atoms with E-state index in [2.05, 4.69) is 35.3 Å². The SMILES string of the molecule is CC1NC(=O)SC1CCCN1CC=C(c2ccc(Cl)cc2)CC1. The maximum absolute atomic E-state index is 11.3. The molecule has 2 aliphatic heterocycles. The number of hydrogen-bond donors (Lipinski definition) is 1. The molecule has 1 aromatic rings. The van der Waals surface area contributed by atoms with Crippen LogP contribution in [0.25, 0.3) is 5.57 Å². The number of rotatable bonds is 5. The number of carbonyl (C=O) groups excluding carboxylic acids is 1. The van der Waals surface area contributed by atoms with Crippen LogP contribution in [0.4, 0.5) is 4.79 Å². The molecule has 23 heavy (non-hydrogen) atoms. The predicted octanol–water partition coefficient (Wildman–Crippen LogP) is 4.42. The Morgan fingerprint density at radius 1 is 1.35 bits per heavy atom. The smallest absolute Gasteiger partial charge is 0.279 e. The second-order valence-electron chi connectivity index (χ2n) is 6.31. The monoisotopic (exact) mass is 350 g/mol. The summed E-state index contributed by atoms with van der Waals surface area (Å²) in [6, 6.07) is 8.43. The molecule has 1 fully saturated rings. The van der Waals surface area contributed by atoms with E-state index in [1.165, 1.54) is 22.9 Å². The molecule has 5 heteroatoms. The van der Waals surface area contributed by atoms with Crippen LogP contribution in [0.5, 0.6) is 0 Å². The number of thioether (sulfide) groups is 1. The standard InChI is InChI=1S/C18H23ClN2OS/c1-13-17(23-18(22)20-13)3-2-10-21-11-8-15(9-12-21)14-4-6-16(19)7-5-14/h4-8,13,17H,2-3,9-12H2,1H3,(H,20,22). The zero-order valence-corrected chi connectivity index (χ0v) is 15.0. The number of amides is 1. The maximum Gasteiger partial charge on any atom is 0.279 e. The van der Waals surface area contributed by atoms with Crippen LogP contribution in [0.2, 0.25) is 5.02 Å². The summed E-state index contributed by atoms with van der Waals surface area (Å²) in [5.74, 6) is 0. The Kier molecular flexibility index (Phi) is 5.67. The second kappa shape index (κ2) is 7.73. The van der Waals surface area contributed by atoms with Gasteiger partial charge in [-0.2, -0.15) is 0 Å². The highest BCUT2D eigenvalue weighted by atomic mass is 35.5. The molecule has 2 heterocycles. The Bertz CT molecular complexity index is 587. The lowest BCUT2D eigenvalue weighted by Crippen LogP contribution is -2.31. The molecule has 0 spiro atoms. The number of halogens is 1. The summed E-state index contributed by atoms with van der Waals surface area (Å²) in [6.07, 6.45) is 5.69. The lowest BCUT2D eigenvalue weighted by molar-refractivity contribution is 0.260. The van der Waals surface area contributed by atoms with Crippen molar-refractivity contribution in [2.75, 3.05) is 19.6 Å². The summed E-state index contributed by atoms with van der Waals surface area (Å²) in [7, 11) is 0. The fraction of sp³-hybridized carbons (Fsp3) is 0.500. The van der Waals surface area contributed by atoms with Gasteiger partial charge in [-0.05, 0) is 56.0 Å². The molecule has 124 valence electrons. The molecule has 1 aromatic carbocycles. The molecule has 2 atom stereocenters. The zero-order chi connectivity index (χ0) is 16.2. The van der Waals surface area contributed by atoms with Crippen molar-refractivity contribution in [1.29, 1.82) is 0 Å². The molecule has 1 amide bonds. The largest absolute Gasteiger partial charge is 0.343 e. The van der Waals surface area contributed by atoms with Crippen LogP contribution >= 0.6 is 23.4 Å². The van der Waals surface area contributed by atoms with Crippen molar-refractivity contribution in [2.45, 2.75) is 37.5 Å². The molecule has 1 N–H and O–H groups in total. The molecule has 1 saturated heterocycles. The van der Waals surface area contributed by atoms with Gasteiger partial charge in [0.2, 0.25) is 0 Å². The summed E-state index contributed by atoms with van der Waals surface area (Å²) in [5, 5.41) is 4.34. The molecule has 2 unspecified atom stereocenters. The third-order valence-electron chi connectivity index (χ3n) is 4.63. The third kappa shape index (κ3) is 4.52. The van der Waals surface area contributed by atoms with Crippen molar-refractivity contribution < 1.29 is 4.79 Å². The van der Waals surface area contributed by atoms with E-state index in [1.807, 2.05) is 12.1 Å². The molecule has 0 radical (unpaired) electrons. The minimum Gasteiger partial charge on any atom is -0.343 e. The van der Waals surface area contributed by atoms with Gasteiger partial charge in [-0.1, -0.05) is 41.6 Å². The van der Waals surface area contributed by atoms with E-state index < -0.39 is 0 Å². The van der Waals surface area contributed by atoms with Gasteiger partial charge in [0.15, 0.2) is 0 Å². The highest BCUT2D eigenvalue weighted by molar-refractivity contribution is 8.14. The van der Waals surface area contributed by atoms with Crippen molar-refractivity contribution in [3.63, 3.8) is 0 Å².